The Morgan fingerprint density at radius 3 is 2.71 bits per heavy atom. The number of ether oxygens (including phenoxy) is 2. The summed E-state index contributed by atoms with van der Waals surface area (Å²) in [5, 5.41) is 8.77. The average molecular weight is 262 g/mol. The third kappa shape index (κ3) is 6.91. The summed E-state index contributed by atoms with van der Waals surface area (Å²) in [4.78, 5) is 10.6. The van der Waals surface area contributed by atoms with Crippen LogP contribution >= 0.6 is 11.8 Å². The van der Waals surface area contributed by atoms with Gasteiger partial charge in [0, 0.05) is 13.7 Å². The van der Waals surface area contributed by atoms with Crippen LogP contribution in [0.15, 0.2) is 0 Å². The summed E-state index contributed by atoms with van der Waals surface area (Å²) in [6.07, 6.45) is 3.52. The van der Waals surface area contributed by atoms with Gasteiger partial charge in [-0.2, -0.15) is 11.8 Å². The molecule has 0 aromatic heterocycles. The van der Waals surface area contributed by atoms with Crippen LogP contribution in [0.5, 0.6) is 0 Å². The van der Waals surface area contributed by atoms with Gasteiger partial charge >= 0.3 is 5.97 Å². The second kappa shape index (κ2) is 7.95. The van der Waals surface area contributed by atoms with E-state index in [0.717, 1.165) is 37.4 Å². The molecule has 1 saturated carbocycles. The first-order valence-electron chi connectivity index (χ1n) is 6.05. The minimum atomic E-state index is -0.661. The maximum absolute atomic E-state index is 10.6. The van der Waals surface area contributed by atoms with Gasteiger partial charge in [0.1, 0.15) is 0 Å². The molecule has 1 rings (SSSR count). The van der Waals surface area contributed by atoms with Gasteiger partial charge in [0.2, 0.25) is 0 Å². The lowest BCUT2D eigenvalue weighted by atomic mass is 10.1. The van der Waals surface area contributed by atoms with Crippen LogP contribution < -0.4 is 0 Å². The first-order valence-corrected chi connectivity index (χ1v) is 7.20. The molecule has 0 heterocycles. The third-order valence-corrected chi connectivity index (χ3v) is 4.29. The van der Waals surface area contributed by atoms with Crippen LogP contribution in [0.3, 0.4) is 0 Å². The second-order valence-corrected chi connectivity index (χ2v) is 5.69. The molecule has 0 saturated heterocycles. The van der Waals surface area contributed by atoms with E-state index in [4.69, 9.17) is 14.6 Å². The van der Waals surface area contributed by atoms with Gasteiger partial charge in [0.15, 0.2) is 0 Å². The molecule has 0 atom stereocenters. The first-order chi connectivity index (χ1) is 8.18. The van der Waals surface area contributed by atoms with Gasteiger partial charge in [-0.15, -0.1) is 0 Å². The van der Waals surface area contributed by atoms with E-state index < -0.39 is 5.97 Å². The predicted molar refractivity (Wildman–Crippen MR) is 68.6 cm³/mol. The number of hydrogen-bond acceptors (Lipinski definition) is 4. The Bertz CT molecular complexity index is 229. The van der Waals surface area contributed by atoms with Gasteiger partial charge in [0.05, 0.1) is 19.6 Å². The lowest BCUT2D eigenvalue weighted by Crippen LogP contribution is -2.11. The van der Waals surface area contributed by atoms with Crippen molar-refractivity contribution in [3.05, 3.63) is 0 Å². The second-order valence-electron chi connectivity index (χ2n) is 4.58. The summed E-state index contributed by atoms with van der Waals surface area (Å²) in [6, 6.07) is 0. The van der Waals surface area contributed by atoms with Crippen LogP contribution in [-0.4, -0.2) is 49.5 Å². The molecule has 0 spiro atoms. The lowest BCUT2D eigenvalue weighted by Gasteiger charge is -2.11. The quantitative estimate of drug-likeness (QED) is 0.577. The van der Waals surface area contributed by atoms with Crippen molar-refractivity contribution in [1.82, 2.24) is 0 Å². The number of aliphatic carboxylic acids is 1. The Labute approximate surface area is 107 Å². The number of hydrogen-bond donors (Lipinski definition) is 1. The smallest absolute Gasteiger partial charge is 0.303 e. The highest BCUT2D eigenvalue weighted by molar-refractivity contribution is 7.99. The molecule has 5 heteroatoms. The number of methoxy groups -OCH3 is 1. The van der Waals surface area contributed by atoms with Gasteiger partial charge in [-0.25, -0.2) is 0 Å². The van der Waals surface area contributed by atoms with Gasteiger partial charge in [0.25, 0.3) is 0 Å². The monoisotopic (exact) mass is 262 g/mol. The standard InChI is InChI=1S/C12H22O4S/c1-15-6-7-16-5-2-8-17-10-12(3-4-12)9-11(13)14/h2-10H2,1H3,(H,13,14). The molecule has 1 aliphatic rings. The van der Waals surface area contributed by atoms with Crippen molar-refractivity contribution >= 4 is 17.7 Å². The summed E-state index contributed by atoms with van der Waals surface area (Å²) < 4.78 is 10.2. The molecule has 0 amide bonds. The van der Waals surface area contributed by atoms with Gasteiger partial charge in [-0.1, -0.05) is 0 Å². The molecule has 0 bridgehead atoms. The van der Waals surface area contributed by atoms with Crippen molar-refractivity contribution in [2.75, 3.05) is 38.4 Å². The highest BCUT2D eigenvalue weighted by atomic mass is 32.2. The highest BCUT2D eigenvalue weighted by Gasteiger charge is 2.43. The van der Waals surface area contributed by atoms with Crippen LogP contribution in [0, 0.1) is 5.41 Å². The van der Waals surface area contributed by atoms with Gasteiger partial charge in [-0.05, 0) is 36.2 Å². The van der Waals surface area contributed by atoms with E-state index in [0.29, 0.717) is 19.6 Å². The van der Waals surface area contributed by atoms with E-state index in [9.17, 15) is 4.79 Å². The Hall–Kier alpha value is -0.260. The molecule has 1 aliphatic carbocycles. The van der Waals surface area contributed by atoms with Crippen molar-refractivity contribution in [1.29, 1.82) is 0 Å². The van der Waals surface area contributed by atoms with Crippen LogP contribution in [0.4, 0.5) is 0 Å². The molecule has 1 fully saturated rings. The van der Waals surface area contributed by atoms with E-state index in [1.54, 1.807) is 7.11 Å². The lowest BCUT2D eigenvalue weighted by molar-refractivity contribution is -0.138. The molecule has 17 heavy (non-hydrogen) atoms. The molecular formula is C12H22O4S. The van der Waals surface area contributed by atoms with E-state index in [1.807, 2.05) is 11.8 Å². The molecular weight excluding hydrogens is 240 g/mol. The zero-order valence-corrected chi connectivity index (χ0v) is 11.3. The highest BCUT2D eigenvalue weighted by Crippen LogP contribution is 2.50. The SMILES string of the molecule is COCCOCCCSCC1(CC(=O)O)CC1. The molecule has 0 radical (unpaired) electrons. The van der Waals surface area contributed by atoms with Crippen molar-refractivity contribution < 1.29 is 19.4 Å². The zero-order valence-electron chi connectivity index (χ0n) is 10.4. The van der Waals surface area contributed by atoms with Gasteiger partial charge in [-0.3, -0.25) is 4.79 Å². The predicted octanol–water partition coefficient (Wildman–Crippen LogP) is 2.03. The largest absolute Gasteiger partial charge is 0.481 e. The summed E-state index contributed by atoms with van der Waals surface area (Å²) >= 11 is 1.85. The number of thioether (sulfide) groups is 1. The topological polar surface area (TPSA) is 55.8 Å². The minimum absolute atomic E-state index is 0.118. The molecule has 4 nitrogen and oxygen atoms in total. The van der Waals surface area contributed by atoms with E-state index in [-0.39, 0.29) is 5.41 Å². The Morgan fingerprint density at radius 1 is 1.35 bits per heavy atom. The Morgan fingerprint density at radius 2 is 2.12 bits per heavy atom. The van der Waals surface area contributed by atoms with Crippen LogP contribution in [0.2, 0.25) is 0 Å². The number of carboxylic acid groups (broad SMARTS) is 1. The summed E-state index contributed by atoms with van der Waals surface area (Å²) in [5.74, 6) is 1.37. The van der Waals surface area contributed by atoms with Crippen LogP contribution in [-0.2, 0) is 14.3 Å². The maximum Gasteiger partial charge on any atom is 0.303 e. The van der Waals surface area contributed by atoms with Gasteiger partial charge < -0.3 is 14.6 Å². The summed E-state index contributed by atoms with van der Waals surface area (Å²) in [7, 11) is 1.66. The van der Waals surface area contributed by atoms with Crippen molar-refractivity contribution in [3.63, 3.8) is 0 Å². The number of carboxylic acids is 1. The Balaban J connectivity index is 1.89. The maximum atomic E-state index is 10.6. The van der Waals surface area contributed by atoms with Crippen LogP contribution in [0.25, 0.3) is 0 Å². The minimum Gasteiger partial charge on any atom is -0.481 e. The molecule has 0 unspecified atom stereocenters. The third-order valence-electron chi connectivity index (χ3n) is 2.90. The summed E-state index contributed by atoms with van der Waals surface area (Å²) in [6.45, 7) is 2.07. The Kier molecular flexibility index (Phi) is 6.92. The first kappa shape index (κ1) is 14.8. The van der Waals surface area contributed by atoms with E-state index >= 15 is 0 Å². The zero-order chi connectivity index (χ0) is 12.6. The summed E-state index contributed by atoms with van der Waals surface area (Å²) in [5.41, 5.74) is 0.118. The average Bonchev–Trinajstić information content (AvgIpc) is 3.01. The molecule has 1 N–H and O–H groups in total. The molecule has 0 aromatic carbocycles. The molecule has 0 aromatic rings. The fourth-order valence-electron chi connectivity index (χ4n) is 1.67. The van der Waals surface area contributed by atoms with E-state index in [2.05, 4.69) is 0 Å². The molecule has 0 aliphatic heterocycles. The van der Waals surface area contributed by atoms with Crippen LogP contribution in [0.1, 0.15) is 25.7 Å². The number of carbonyl (C=O) groups is 1. The van der Waals surface area contributed by atoms with E-state index in [1.165, 1.54) is 0 Å². The van der Waals surface area contributed by atoms with Crippen molar-refractivity contribution in [2.24, 2.45) is 5.41 Å². The fraction of sp³-hybridized carbons (Fsp3) is 0.917. The van der Waals surface area contributed by atoms with Crippen molar-refractivity contribution in [3.8, 4) is 0 Å². The molecule has 100 valence electrons. The number of rotatable bonds is 11. The van der Waals surface area contributed by atoms with Crippen molar-refractivity contribution in [2.45, 2.75) is 25.7 Å². The normalized spacial score (nSPS) is 17.0. The fourth-order valence-corrected chi connectivity index (χ4v) is 2.96.